The lowest BCUT2D eigenvalue weighted by molar-refractivity contribution is -0.130. The average Bonchev–Trinajstić information content (AvgIpc) is 3.22. The van der Waals surface area contributed by atoms with Crippen molar-refractivity contribution in [2.75, 3.05) is 70.7 Å². The molecule has 10 heteroatoms. The Kier molecular flexibility index (Phi) is 6.24. The molecule has 33 heavy (non-hydrogen) atoms. The van der Waals surface area contributed by atoms with Crippen molar-refractivity contribution in [2.45, 2.75) is 11.0 Å². The topological polar surface area (TPSA) is 85.9 Å². The summed E-state index contributed by atoms with van der Waals surface area (Å²) in [6, 6.07) is 10.1. The van der Waals surface area contributed by atoms with Gasteiger partial charge in [0.2, 0.25) is 0 Å². The number of likely N-dealkylation sites (N-methyl/N-ethyl adjacent to an activating group) is 2. The van der Waals surface area contributed by atoms with Crippen LogP contribution in [0.15, 0.2) is 45.8 Å². The Labute approximate surface area is 198 Å². The van der Waals surface area contributed by atoms with Crippen molar-refractivity contribution < 1.29 is 9.53 Å². The lowest BCUT2D eigenvalue weighted by atomic mass is 9.97. The maximum atomic E-state index is 13.9. The van der Waals surface area contributed by atoms with Gasteiger partial charge in [-0.3, -0.25) is 9.69 Å². The van der Waals surface area contributed by atoms with Crippen LogP contribution in [0.25, 0.3) is 0 Å². The summed E-state index contributed by atoms with van der Waals surface area (Å²) in [6.07, 6.45) is -0.513. The van der Waals surface area contributed by atoms with E-state index in [1.54, 1.807) is 18.9 Å². The Bertz CT molecular complexity index is 1080. The van der Waals surface area contributed by atoms with Gasteiger partial charge in [-0.1, -0.05) is 23.9 Å². The van der Waals surface area contributed by atoms with Crippen molar-refractivity contribution in [3.8, 4) is 0 Å². The van der Waals surface area contributed by atoms with E-state index in [9.17, 15) is 4.79 Å². The summed E-state index contributed by atoms with van der Waals surface area (Å²) in [4.78, 5) is 21.3. The van der Waals surface area contributed by atoms with E-state index < -0.39 is 6.10 Å². The molecule has 5 rings (SSSR count). The molecule has 1 fully saturated rings. The Morgan fingerprint density at radius 1 is 1.18 bits per heavy atom. The number of rotatable bonds is 6. The predicted molar refractivity (Wildman–Crippen MR) is 130 cm³/mol. The molecule has 1 unspecified atom stereocenters. The number of methoxy groups -OCH3 is 1. The monoisotopic (exact) mass is 467 g/mol. The number of thioether (sulfide) groups is 1. The number of amides is 1. The minimum absolute atomic E-state index is 0.0300. The van der Waals surface area contributed by atoms with Crippen LogP contribution in [0.2, 0.25) is 0 Å². The maximum Gasteiger partial charge on any atom is 0.255 e. The van der Waals surface area contributed by atoms with Gasteiger partial charge in [0.15, 0.2) is 5.82 Å². The number of hydrogen-bond acceptors (Lipinski definition) is 9. The van der Waals surface area contributed by atoms with E-state index in [1.165, 1.54) is 0 Å². The molecule has 0 saturated carbocycles. The fraction of sp³-hybridized carbons (Fsp3) is 0.435. The minimum Gasteiger partial charge on any atom is -0.372 e. The zero-order chi connectivity index (χ0) is 22.9. The number of ether oxygens (including phenoxy) is 1. The highest BCUT2D eigenvalue weighted by Gasteiger charge is 2.44. The molecular weight excluding hydrogens is 438 g/mol. The van der Waals surface area contributed by atoms with E-state index in [0.717, 1.165) is 47.4 Å². The Morgan fingerprint density at radius 2 is 1.97 bits per heavy atom. The summed E-state index contributed by atoms with van der Waals surface area (Å²) in [5.41, 5.74) is 2.53. The third-order valence-corrected chi connectivity index (χ3v) is 7.40. The quantitative estimate of drug-likeness (QED) is 0.620. The molecule has 1 amide bonds. The van der Waals surface area contributed by atoms with E-state index >= 15 is 0 Å². The van der Waals surface area contributed by atoms with Crippen LogP contribution in [-0.2, 0) is 9.53 Å². The highest BCUT2D eigenvalue weighted by atomic mass is 32.2. The molecular formula is C23H29N7O2S. The summed E-state index contributed by atoms with van der Waals surface area (Å²) in [5.74, 6) is 1.41. The van der Waals surface area contributed by atoms with Crippen molar-refractivity contribution in [2.24, 2.45) is 0 Å². The molecule has 1 aromatic heterocycles. The molecule has 3 aliphatic rings. The standard InChI is InChI=1S/C23H29N7O2S/c1-24-8-9-25-18-14-15-20(32-3)19(22(31)29-12-10-28(2)11-13-29)23-30(21(15)27-26-18)16-6-4-5-7-17(16)33-23/h4-7,14,20,24H,8-13H2,1-3H3,(H,25,26). The van der Waals surface area contributed by atoms with Crippen molar-refractivity contribution in [3.63, 3.8) is 0 Å². The van der Waals surface area contributed by atoms with Crippen molar-refractivity contribution in [1.82, 2.24) is 25.3 Å². The third kappa shape index (κ3) is 3.97. The first kappa shape index (κ1) is 22.1. The molecule has 2 aromatic rings. The lowest BCUT2D eigenvalue weighted by Crippen LogP contribution is -2.48. The second-order valence-corrected chi connectivity index (χ2v) is 9.40. The van der Waals surface area contributed by atoms with Crippen molar-refractivity contribution in [1.29, 1.82) is 0 Å². The van der Waals surface area contributed by atoms with Crippen LogP contribution in [0.1, 0.15) is 11.7 Å². The van der Waals surface area contributed by atoms with Gasteiger partial charge in [-0.05, 0) is 32.3 Å². The molecule has 0 bridgehead atoms. The maximum absolute atomic E-state index is 13.9. The summed E-state index contributed by atoms with van der Waals surface area (Å²) >= 11 is 1.60. The van der Waals surface area contributed by atoms with Crippen LogP contribution in [0.3, 0.4) is 0 Å². The number of fused-ring (bicyclic) bond motifs is 5. The number of aromatic nitrogens is 2. The van der Waals surface area contributed by atoms with Crippen molar-refractivity contribution in [3.05, 3.63) is 46.5 Å². The van der Waals surface area contributed by atoms with Crippen LogP contribution >= 0.6 is 11.8 Å². The van der Waals surface area contributed by atoms with Crippen LogP contribution < -0.4 is 15.5 Å². The predicted octanol–water partition coefficient (Wildman–Crippen LogP) is 2.04. The zero-order valence-corrected chi connectivity index (χ0v) is 20.0. The van der Waals surface area contributed by atoms with Gasteiger partial charge in [-0.25, -0.2) is 0 Å². The van der Waals surface area contributed by atoms with Gasteiger partial charge in [0, 0.05) is 56.8 Å². The van der Waals surface area contributed by atoms with E-state index in [2.05, 4.69) is 49.8 Å². The largest absolute Gasteiger partial charge is 0.372 e. The lowest BCUT2D eigenvalue weighted by Gasteiger charge is -2.37. The molecule has 1 atom stereocenters. The number of anilines is 3. The number of carbonyl (C=O) groups excluding carboxylic acids is 1. The molecule has 3 aliphatic heterocycles. The minimum atomic E-state index is -0.513. The average molecular weight is 468 g/mol. The summed E-state index contributed by atoms with van der Waals surface area (Å²) < 4.78 is 5.99. The number of carbonyl (C=O) groups is 1. The molecule has 2 N–H and O–H groups in total. The summed E-state index contributed by atoms with van der Waals surface area (Å²) in [6.45, 7) is 4.67. The molecule has 9 nitrogen and oxygen atoms in total. The molecule has 174 valence electrons. The second kappa shape index (κ2) is 9.30. The number of nitrogens with zero attached hydrogens (tertiary/aromatic N) is 5. The van der Waals surface area contributed by atoms with Crippen LogP contribution in [0, 0.1) is 0 Å². The number of benzene rings is 1. The van der Waals surface area contributed by atoms with E-state index in [1.807, 2.05) is 30.1 Å². The first-order valence-electron chi connectivity index (χ1n) is 11.2. The van der Waals surface area contributed by atoms with Gasteiger partial charge in [0.1, 0.15) is 11.9 Å². The number of hydrogen-bond donors (Lipinski definition) is 2. The molecule has 1 aromatic carbocycles. The van der Waals surface area contributed by atoms with E-state index in [-0.39, 0.29) is 5.91 Å². The number of para-hydroxylation sites is 1. The van der Waals surface area contributed by atoms with Gasteiger partial charge < -0.3 is 25.2 Å². The van der Waals surface area contributed by atoms with Gasteiger partial charge in [-0.2, -0.15) is 0 Å². The van der Waals surface area contributed by atoms with Gasteiger partial charge in [-0.15, -0.1) is 10.2 Å². The highest BCUT2D eigenvalue weighted by molar-refractivity contribution is 8.03. The van der Waals surface area contributed by atoms with Crippen LogP contribution in [0.4, 0.5) is 17.3 Å². The van der Waals surface area contributed by atoms with E-state index in [4.69, 9.17) is 4.74 Å². The summed E-state index contributed by atoms with van der Waals surface area (Å²) in [7, 11) is 5.65. The number of piperazine rings is 1. The fourth-order valence-corrected chi connectivity index (χ4v) is 5.64. The van der Waals surface area contributed by atoms with Gasteiger partial charge in [0.25, 0.3) is 5.91 Å². The Morgan fingerprint density at radius 3 is 2.73 bits per heavy atom. The van der Waals surface area contributed by atoms with Gasteiger partial charge >= 0.3 is 0 Å². The second-order valence-electron chi connectivity index (χ2n) is 8.37. The number of nitrogens with one attached hydrogen (secondary N) is 2. The molecule has 0 aliphatic carbocycles. The van der Waals surface area contributed by atoms with Gasteiger partial charge in [0.05, 0.1) is 16.3 Å². The zero-order valence-electron chi connectivity index (χ0n) is 19.2. The highest BCUT2D eigenvalue weighted by Crippen LogP contribution is 2.56. The molecule has 0 spiro atoms. The van der Waals surface area contributed by atoms with E-state index in [0.29, 0.717) is 30.3 Å². The smallest absolute Gasteiger partial charge is 0.255 e. The first-order chi connectivity index (χ1) is 16.1. The Balaban J connectivity index is 1.60. The normalized spacial score (nSPS) is 19.9. The molecule has 0 radical (unpaired) electrons. The molecule has 4 heterocycles. The van der Waals surface area contributed by atoms with Crippen molar-refractivity contribution >= 4 is 35.0 Å². The van der Waals surface area contributed by atoms with Crippen LogP contribution in [0.5, 0.6) is 0 Å². The summed E-state index contributed by atoms with van der Waals surface area (Å²) in [5, 5.41) is 16.3. The fourth-order valence-electron chi connectivity index (χ4n) is 4.44. The van der Waals surface area contributed by atoms with Crippen LogP contribution in [-0.4, -0.2) is 86.4 Å². The Hall–Kier alpha value is -2.66. The first-order valence-corrected chi connectivity index (χ1v) is 12.0. The SMILES string of the molecule is CNCCNc1cc2c(nn1)N1C(=C(C(=O)N3CCN(C)CC3)C2OC)Sc2ccccc21. The third-order valence-electron chi connectivity index (χ3n) is 6.24. The molecule has 1 saturated heterocycles.